The summed E-state index contributed by atoms with van der Waals surface area (Å²) < 4.78 is 0. The first-order chi connectivity index (χ1) is 9.13. The lowest BCUT2D eigenvalue weighted by atomic mass is 10.2. The van der Waals surface area contributed by atoms with Crippen molar-refractivity contribution < 1.29 is 0 Å². The largest absolute Gasteiger partial charge is 0.373 e. The highest BCUT2D eigenvalue weighted by atomic mass is 15.3. The third kappa shape index (κ3) is 3.26. The minimum atomic E-state index is 0.312. The number of nitrogens with two attached hydrogens (primary N) is 1. The molecular formula is C13H24N6. The molecule has 2 heterocycles. The Hall–Kier alpha value is -1.56. The Morgan fingerprint density at radius 2 is 2.32 bits per heavy atom. The highest BCUT2D eigenvalue weighted by Crippen LogP contribution is 2.21. The topological polar surface area (TPSA) is 70.3 Å². The van der Waals surface area contributed by atoms with E-state index < -0.39 is 0 Å². The monoisotopic (exact) mass is 264 g/mol. The van der Waals surface area contributed by atoms with Crippen molar-refractivity contribution >= 4 is 17.6 Å². The second-order valence-electron chi connectivity index (χ2n) is 5.02. The van der Waals surface area contributed by atoms with E-state index in [1.807, 2.05) is 13.1 Å². The van der Waals surface area contributed by atoms with E-state index in [1.165, 1.54) is 19.4 Å². The van der Waals surface area contributed by atoms with Crippen LogP contribution in [-0.4, -0.2) is 54.6 Å². The highest BCUT2D eigenvalue weighted by Gasteiger charge is 2.24. The summed E-state index contributed by atoms with van der Waals surface area (Å²) in [5.74, 6) is 1.94. The maximum atomic E-state index is 5.74. The Kier molecular flexibility index (Phi) is 4.42. The van der Waals surface area contributed by atoms with Gasteiger partial charge in [0.2, 0.25) is 5.95 Å². The van der Waals surface area contributed by atoms with Gasteiger partial charge in [0, 0.05) is 32.7 Å². The summed E-state index contributed by atoms with van der Waals surface area (Å²) in [6, 6.07) is 2.55. The average Bonchev–Trinajstić information content (AvgIpc) is 2.85. The van der Waals surface area contributed by atoms with Crippen LogP contribution >= 0.6 is 0 Å². The number of hydrogen-bond donors (Lipinski definition) is 2. The predicted molar refractivity (Wildman–Crippen MR) is 79.5 cm³/mol. The lowest BCUT2D eigenvalue weighted by Crippen LogP contribution is -2.39. The van der Waals surface area contributed by atoms with Crippen molar-refractivity contribution in [1.29, 1.82) is 0 Å². The van der Waals surface area contributed by atoms with Crippen LogP contribution in [0.5, 0.6) is 0 Å². The van der Waals surface area contributed by atoms with Crippen molar-refractivity contribution in [1.82, 2.24) is 14.9 Å². The number of anilines is 3. The number of likely N-dealkylation sites (tertiary alicyclic amines) is 1. The van der Waals surface area contributed by atoms with Crippen LogP contribution in [0.25, 0.3) is 0 Å². The van der Waals surface area contributed by atoms with Crippen molar-refractivity contribution in [2.75, 3.05) is 49.7 Å². The van der Waals surface area contributed by atoms with Gasteiger partial charge in [-0.05, 0) is 25.9 Å². The van der Waals surface area contributed by atoms with Crippen molar-refractivity contribution in [3.63, 3.8) is 0 Å². The zero-order valence-electron chi connectivity index (χ0n) is 12.1. The van der Waals surface area contributed by atoms with Gasteiger partial charge in [0.25, 0.3) is 0 Å². The molecule has 0 spiro atoms. The fourth-order valence-electron chi connectivity index (χ4n) is 2.70. The summed E-state index contributed by atoms with van der Waals surface area (Å²) in [7, 11) is 3.90. The van der Waals surface area contributed by atoms with Gasteiger partial charge in [0.05, 0.1) is 0 Å². The van der Waals surface area contributed by atoms with Crippen molar-refractivity contribution in [2.45, 2.75) is 25.8 Å². The quantitative estimate of drug-likeness (QED) is 0.827. The summed E-state index contributed by atoms with van der Waals surface area (Å²) >= 11 is 0. The van der Waals surface area contributed by atoms with Crippen LogP contribution in [-0.2, 0) is 0 Å². The minimum Gasteiger partial charge on any atom is -0.373 e. The highest BCUT2D eigenvalue weighted by molar-refractivity contribution is 5.52. The van der Waals surface area contributed by atoms with Gasteiger partial charge in [0.1, 0.15) is 11.6 Å². The first-order valence-corrected chi connectivity index (χ1v) is 6.91. The molecule has 0 saturated carbocycles. The van der Waals surface area contributed by atoms with Crippen molar-refractivity contribution in [3.05, 3.63) is 6.07 Å². The summed E-state index contributed by atoms with van der Waals surface area (Å²) in [5.41, 5.74) is 5.74. The molecule has 3 N–H and O–H groups in total. The van der Waals surface area contributed by atoms with E-state index in [-0.39, 0.29) is 0 Å². The Morgan fingerprint density at radius 1 is 1.53 bits per heavy atom. The molecular weight excluding hydrogens is 240 g/mol. The van der Waals surface area contributed by atoms with Crippen LogP contribution in [0.2, 0.25) is 0 Å². The van der Waals surface area contributed by atoms with E-state index in [0.29, 0.717) is 12.0 Å². The number of nitrogens with zero attached hydrogens (tertiary/aromatic N) is 4. The van der Waals surface area contributed by atoms with Crippen LogP contribution in [0.4, 0.5) is 17.6 Å². The molecule has 0 amide bonds. The smallest absolute Gasteiger partial charge is 0.223 e. The SMILES string of the molecule is CCN1CCCC1CN(C)c1cc(NC)nc(N)n1. The number of hydrogen-bond acceptors (Lipinski definition) is 6. The molecule has 19 heavy (non-hydrogen) atoms. The zero-order valence-corrected chi connectivity index (χ0v) is 12.1. The fraction of sp³-hybridized carbons (Fsp3) is 0.692. The first-order valence-electron chi connectivity index (χ1n) is 6.91. The lowest BCUT2D eigenvalue weighted by molar-refractivity contribution is 0.270. The average molecular weight is 264 g/mol. The normalized spacial score (nSPS) is 19.6. The van der Waals surface area contributed by atoms with E-state index in [1.54, 1.807) is 0 Å². The predicted octanol–water partition coefficient (Wildman–Crippen LogP) is 1.02. The summed E-state index contributed by atoms with van der Waals surface area (Å²) in [6.07, 6.45) is 2.55. The molecule has 0 aromatic carbocycles. The number of nitrogen functional groups attached to an aromatic ring is 1. The second kappa shape index (κ2) is 6.06. The lowest BCUT2D eigenvalue weighted by Gasteiger charge is -2.28. The minimum absolute atomic E-state index is 0.312. The molecule has 6 nitrogen and oxygen atoms in total. The Morgan fingerprint density at radius 3 is 3.00 bits per heavy atom. The molecule has 1 aromatic heterocycles. The van der Waals surface area contributed by atoms with Crippen LogP contribution in [0.3, 0.4) is 0 Å². The summed E-state index contributed by atoms with van der Waals surface area (Å²) in [5, 5.41) is 3.01. The van der Waals surface area contributed by atoms with Gasteiger partial charge in [-0.15, -0.1) is 0 Å². The molecule has 2 rings (SSSR count). The fourth-order valence-corrected chi connectivity index (χ4v) is 2.70. The Balaban J connectivity index is 2.06. The van der Waals surface area contributed by atoms with Gasteiger partial charge in [-0.25, -0.2) is 0 Å². The Labute approximate surface area is 115 Å². The first kappa shape index (κ1) is 13.9. The van der Waals surface area contributed by atoms with Gasteiger partial charge in [0.15, 0.2) is 0 Å². The van der Waals surface area contributed by atoms with Crippen LogP contribution < -0.4 is 16.0 Å². The molecule has 0 radical (unpaired) electrons. The third-order valence-corrected chi connectivity index (χ3v) is 3.77. The molecule has 1 unspecified atom stereocenters. The van der Waals surface area contributed by atoms with Crippen molar-refractivity contribution in [2.24, 2.45) is 0 Å². The molecule has 0 aliphatic carbocycles. The van der Waals surface area contributed by atoms with E-state index >= 15 is 0 Å². The van der Waals surface area contributed by atoms with Gasteiger partial charge >= 0.3 is 0 Å². The number of aromatic nitrogens is 2. The van der Waals surface area contributed by atoms with Crippen LogP contribution in [0.15, 0.2) is 6.07 Å². The van der Waals surface area contributed by atoms with E-state index in [4.69, 9.17) is 5.73 Å². The maximum absolute atomic E-state index is 5.74. The van der Waals surface area contributed by atoms with Crippen molar-refractivity contribution in [3.8, 4) is 0 Å². The van der Waals surface area contributed by atoms with E-state index in [0.717, 1.165) is 24.7 Å². The molecule has 1 atom stereocenters. The van der Waals surface area contributed by atoms with Gasteiger partial charge < -0.3 is 16.0 Å². The second-order valence-corrected chi connectivity index (χ2v) is 5.02. The van der Waals surface area contributed by atoms with Crippen LogP contribution in [0, 0.1) is 0 Å². The van der Waals surface area contributed by atoms with E-state index in [2.05, 4.69) is 39.1 Å². The third-order valence-electron chi connectivity index (χ3n) is 3.77. The molecule has 0 bridgehead atoms. The molecule has 106 valence electrons. The van der Waals surface area contributed by atoms with Gasteiger partial charge in [-0.2, -0.15) is 9.97 Å². The molecule has 1 saturated heterocycles. The van der Waals surface area contributed by atoms with E-state index in [9.17, 15) is 0 Å². The number of rotatable bonds is 5. The molecule has 6 heteroatoms. The van der Waals surface area contributed by atoms with Gasteiger partial charge in [-0.3, -0.25) is 4.90 Å². The molecule has 1 aromatic rings. The molecule has 1 fully saturated rings. The van der Waals surface area contributed by atoms with Gasteiger partial charge in [-0.1, -0.05) is 6.92 Å². The standard InChI is InChI=1S/C13H24N6/c1-4-19-7-5-6-10(19)9-18(3)12-8-11(15-2)16-13(14)17-12/h8,10H,4-7,9H2,1-3H3,(H3,14,15,16,17). The molecule has 1 aliphatic heterocycles. The number of likely N-dealkylation sites (N-methyl/N-ethyl adjacent to an activating group) is 2. The van der Waals surface area contributed by atoms with Crippen LogP contribution in [0.1, 0.15) is 19.8 Å². The summed E-state index contributed by atoms with van der Waals surface area (Å²) in [4.78, 5) is 13.1. The summed E-state index contributed by atoms with van der Waals surface area (Å²) in [6.45, 7) is 5.53. The Bertz CT molecular complexity index is 422. The number of nitrogens with one attached hydrogen (secondary N) is 1. The molecule has 1 aliphatic rings. The maximum Gasteiger partial charge on any atom is 0.223 e. The zero-order chi connectivity index (χ0) is 13.8.